The Morgan fingerprint density at radius 3 is 2.22 bits per heavy atom. The van der Waals surface area contributed by atoms with Gasteiger partial charge in [0.15, 0.2) is 0 Å². The normalized spacial score (nSPS) is 21.9. The quantitative estimate of drug-likeness (QED) is 0.766. The molecule has 0 atom stereocenters. The van der Waals surface area contributed by atoms with Gasteiger partial charge in [0.1, 0.15) is 0 Å². The van der Waals surface area contributed by atoms with Crippen molar-refractivity contribution in [2.45, 2.75) is 44.1 Å². The number of hydrogen-bond donors (Lipinski definition) is 0. The molecule has 0 unspecified atom stereocenters. The van der Waals surface area contributed by atoms with Crippen LogP contribution in [-0.2, 0) is 25.0 Å². The average molecular weight is 395 g/mol. The molecule has 2 fully saturated rings. The number of carbonyl (C=O) groups excluding carboxylic acids is 1. The molecule has 0 spiro atoms. The number of carbonyl (C=O) groups is 1. The van der Waals surface area contributed by atoms with Crippen LogP contribution in [0.3, 0.4) is 0 Å². The minimum absolute atomic E-state index is 0.101. The van der Waals surface area contributed by atoms with Crippen molar-refractivity contribution in [3.63, 3.8) is 0 Å². The van der Waals surface area contributed by atoms with Crippen LogP contribution in [0.25, 0.3) is 0 Å². The summed E-state index contributed by atoms with van der Waals surface area (Å²) in [7, 11) is -1.50. The van der Waals surface area contributed by atoms with Crippen LogP contribution >= 0.6 is 0 Å². The van der Waals surface area contributed by atoms with Gasteiger partial charge in [-0.05, 0) is 38.2 Å². The minimum Gasteiger partial charge on any atom is -0.381 e. The van der Waals surface area contributed by atoms with Gasteiger partial charge in [0, 0.05) is 33.3 Å². The molecule has 0 aromatic heterocycles. The highest BCUT2D eigenvalue weighted by Gasteiger charge is 2.46. The van der Waals surface area contributed by atoms with E-state index in [1.165, 1.54) is 0 Å². The lowest BCUT2D eigenvalue weighted by Crippen LogP contribution is -2.55. The number of nitrogens with zero attached hydrogens (tertiary/aromatic N) is 2. The maximum Gasteiger partial charge on any atom is 0.233 e. The Kier molecular flexibility index (Phi) is 6.23. The van der Waals surface area contributed by atoms with E-state index in [1.807, 2.05) is 35.2 Å². The summed E-state index contributed by atoms with van der Waals surface area (Å²) in [4.78, 5) is 15.6. The van der Waals surface area contributed by atoms with Crippen LogP contribution in [0.1, 0.15) is 38.2 Å². The van der Waals surface area contributed by atoms with Crippen LogP contribution in [0.5, 0.6) is 0 Å². The third-order valence-electron chi connectivity index (χ3n) is 6.13. The van der Waals surface area contributed by atoms with Gasteiger partial charge in [0.2, 0.25) is 15.9 Å². The van der Waals surface area contributed by atoms with Crippen molar-refractivity contribution < 1.29 is 17.9 Å². The second kappa shape index (κ2) is 8.29. The number of hydrogen-bond acceptors (Lipinski definition) is 4. The van der Waals surface area contributed by atoms with E-state index in [-0.39, 0.29) is 17.8 Å². The molecule has 2 saturated heterocycles. The number of amides is 1. The van der Waals surface area contributed by atoms with E-state index < -0.39 is 15.4 Å². The van der Waals surface area contributed by atoms with Gasteiger partial charge in [-0.15, -0.1) is 0 Å². The van der Waals surface area contributed by atoms with Crippen LogP contribution in [0.4, 0.5) is 0 Å². The summed E-state index contributed by atoms with van der Waals surface area (Å²) in [6.07, 6.45) is 2.98. The molecule has 2 aliphatic rings. The van der Waals surface area contributed by atoms with E-state index in [1.54, 1.807) is 18.3 Å². The van der Waals surface area contributed by atoms with E-state index in [2.05, 4.69) is 0 Å². The summed E-state index contributed by atoms with van der Waals surface area (Å²) in [5.41, 5.74) is 0.360. The molecule has 0 bridgehead atoms. The molecule has 3 rings (SSSR count). The molecule has 0 aliphatic carbocycles. The predicted molar refractivity (Wildman–Crippen MR) is 105 cm³/mol. The zero-order chi connectivity index (χ0) is 19.5. The van der Waals surface area contributed by atoms with Gasteiger partial charge in [-0.25, -0.2) is 12.7 Å². The molecular weight excluding hydrogens is 364 g/mol. The Morgan fingerprint density at radius 2 is 1.70 bits per heavy atom. The summed E-state index contributed by atoms with van der Waals surface area (Å²) >= 11 is 0. The second-order valence-corrected chi connectivity index (χ2v) is 9.73. The van der Waals surface area contributed by atoms with Gasteiger partial charge in [-0.3, -0.25) is 4.79 Å². The average Bonchev–Trinajstić information content (AvgIpc) is 2.74. The molecule has 2 aliphatic heterocycles. The van der Waals surface area contributed by atoms with E-state index in [9.17, 15) is 13.2 Å². The fourth-order valence-electron chi connectivity index (χ4n) is 4.31. The first-order valence-corrected chi connectivity index (χ1v) is 11.4. The summed E-state index contributed by atoms with van der Waals surface area (Å²) in [6, 6.07) is 9.86. The molecule has 1 amide bonds. The van der Waals surface area contributed by atoms with Crippen LogP contribution in [0.15, 0.2) is 30.3 Å². The summed E-state index contributed by atoms with van der Waals surface area (Å²) in [5.74, 6) is 0.237. The molecule has 27 heavy (non-hydrogen) atoms. The summed E-state index contributed by atoms with van der Waals surface area (Å²) in [6.45, 7) is 3.85. The van der Waals surface area contributed by atoms with Gasteiger partial charge < -0.3 is 9.64 Å². The molecule has 7 heteroatoms. The highest BCUT2D eigenvalue weighted by Crippen LogP contribution is 2.39. The van der Waals surface area contributed by atoms with E-state index in [0.29, 0.717) is 39.0 Å². The molecule has 0 radical (unpaired) electrons. The number of likely N-dealkylation sites (tertiary alicyclic amines) is 1. The number of piperidine rings is 2. The van der Waals surface area contributed by atoms with Gasteiger partial charge in [0.05, 0.1) is 17.3 Å². The van der Waals surface area contributed by atoms with E-state index in [0.717, 1.165) is 18.4 Å². The SMILES string of the molecule is CCS(=O)(=O)N1CCC(C(=O)N2CCC(OC)CC2)(c2ccccc2)CC1. The van der Waals surface area contributed by atoms with Crippen LogP contribution in [-0.4, -0.2) is 68.7 Å². The largest absolute Gasteiger partial charge is 0.381 e. The zero-order valence-corrected chi connectivity index (χ0v) is 17.1. The lowest BCUT2D eigenvalue weighted by atomic mass is 9.71. The number of ether oxygens (including phenoxy) is 1. The van der Waals surface area contributed by atoms with E-state index >= 15 is 0 Å². The Morgan fingerprint density at radius 1 is 1.11 bits per heavy atom. The molecule has 1 aromatic rings. The molecule has 1 aromatic carbocycles. The second-order valence-electron chi connectivity index (χ2n) is 7.48. The summed E-state index contributed by atoms with van der Waals surface area (Å²) < 4.78 is 31.5. The first-order valence-electron chi connectivity index (χ1n) is 9.78. The maximum absolute atomic E-state index is 13.6. The third kappa shape index (κ3) is 4.05. The predicted octanol–water partition coefficient (Wildman–Crippen LogP) is 2.01. The van der Waals surface area contributed by atoms with Crippen LogP contribution in [0.2, 0.25) is 0 Å². The molecule has 6 nitrogen and oxygen atoms in total. The van der Waals surface area contributed by atoms with Crippen molar-refractivity contribution in [3.05, 3.63) is 35.9 Å². The highest BCUT2D eigenvalue weighted by molar-refractivity contribution is 7.89. The summed E-state index contributed by atoms with van der Waals surface area (Å²) in [5, 5.41) is 0. The molecule has 2 heterocycles. The maximum atomic E-state index is 13.6. The van der Waals surface area contributed by atoms with Crippen LogP contribution in [0, 0.1) is 0 Å². The third-order valence-corrected chi connectivity index (χ3v) is 8.01. The van der Waals surface area contributed by atoms with Crippen molar-refractivity contribution in [1.29, 1.82) is 0 Å². The number of rotatable bonds is 5. The smallest absolute Gasteiger partial charge is 0.233 e. The van der Waals surface area contributed by atoms with Crippen molar-refractivity contribution in [2.24, 2.45) is 0 Å². The zero-order valence-electron chi connectivity index (χ0n) is 16.3. The topological polar surface area (TPSA) is 66.9 Å². The van der Waals surface area contributed by atoms with Gasteiger partial charge in [-0.2, -0.15) is 0 Å². The molecule has 0 N–H and O–H groups in total. The highest BCUT2D eigenvalue weighted by atomic mass is 32.2. The van der Waals surface area contributed by atoms with Crippen molar-refractivity contribution in [1.82, 2.24) is 9.21 Å². The lowest BCUT2D eigenvalue weighted by molar-refractivity contribution is -0.141. The van der Waals surface area contributed by atoms with E-state index in [4.69, 9.17) is 4.74 Å². The standard InChI is InChI=1S/C20H30N2O4S/c1-3-27(24,25)22-15-11-20(12-16-22,17-7-5-4-6-8-17)19(23)21-13-9-18(26-2)10-14-21/h4-8,18H,3,9-16H2,1-2H3. The monoisotopic (exact) mass is 394 g/mol. The Bertz CT molecular complexity index is 735. The van der Waals surface area contributed by atoms with Crippen molar-refractivity contribution >= 4 is 15.9 Å². The first-order chi connectivity index (χ1) is 12.9. The molecular formula is C20H30N2O4S. The van der Waals surface area contributed by atoms with Gasteiger partial charge in [0.25, 0.3) is 0 Å². The number of methoxy groups -OCH3 is 1. The Labute approximate surface area is 162 Å². The minimum atomic E-state index is -3.22. The molecule has 150 valence electrons. The van der Waals surface area contributed by atoms with Crippen molar-refractivity contribution in [2.75, 3.05) is 39.0 Å². The van der Waals surface area contributed by atoms with Crippen molar-refractivity contribution in [3.8, 4) is 0 Å². The number of benzene rings is 1. The molecule has 0 saturated carbocycles. The van der Waals surface area contributed by atoms with Crippen LogP contribution < -0.4 is 0 Å². The van der Waals surface area contributed by atoms with Gasteiger partial charge >= 0.3 is 0 Å². The number of sulfonamides is 1. The van der Waals surface area contributed by atoms with Gasteiger partial charge in [-0.1, -0.05) is 30.3 Å². The Balaban J connectivity index is 1.84. The first kappa shape index (κ1) is 20.3. The lowest BCUT2D eigenvalue weighted by Gasteiger charge is -2.44. The Hall–Kier alpha value is -1.44. The fraction of sp³-hybridized carbons (Fsp3) is 0.650. The fourth-order valence-corrected chi connectivity index (χ4v) is 5.41.